The molecule has 0 amide bonds. The van der Waals surface area contributed by atoms with Gasteiger partial charge in [-0.25, -0.2) is 4.39 Å². The van der Waals surface area contributed by atoms with Crippen LogP contribution in [0.4, 0.5) is 4.39 Å². The first-order valence-electron chi connectivity index (χ1n) is 12.3. The van der Waals surface area contributed by atoms with Gasteiger partial charge in [0, 0.05) is 42.4 Å². The maximum Gasteiger partial charge on any atom is 0.157 e. The fraction of sp³-hybridized carbons (Fsp3) is 0.481. The van der Waals surface area contributed by atoms with Crippen LogP contribution < -0.4 is 0 Å². The van der Waals surface area contributed by atoms with E-state index in [9.17, 15) is 4.39 Å². The van der Waals surface area contributed by atoms with Crippen LogP contribution in [-0.4, -0.2) is 48.2 Å². The van der Waals surface area contributed by atoms with Gasteiger partial charge in [-0.1, -0.05) is 17.3 Å². The van der Waals surface area contributed by atoms with Crippen LogP contribution in [-0.2, 0) is 14.3 Å². The maximum atomic E-state index is 14.2. The van der Waals surface area contributed by atoms with Crippen molar-refractivity contribution in [2.24, 2.45) is 11.1 Å². The summed E-state index contributed by atoms with van der Waals surface area (Å²) in [7, 11) is 0. The Hall–Kier alpha value is -2.97. The lowest BCUT2D eigenvalue weighted by Gasteiger charge is -2.31. The van der Waals surface area contributed by atoms with Crippen molar-refractivity contribution >= 4 is 17.1 Å². The minimum atomic E-state index is -0.458. The molecular formula is C27H33FN4O3. The van der Waals surface area contributed by atoms with E-state index in [0.29, 0.717) is 49.6 Å². The first-order valence-corrected chi connectivity index (χ1v) is 12.3. The Morgan fingerprint density at radius 3 is 2.86 bits per heavy atom. The zero-order valence-electron chi connectivity index (χ0n) is 20.1. The molecule has 1 aromatic carbocycles. The molecule has 1 saturated carbocycles. The van der Waals surface area contributed by atoms with Crippen LogP contribution in [0.2, 0.25) is 0 Å². The highest BCUT2D eigenvalue weighted by Gasteiger charge is 2.35. The summed E-state index contributed by atoms with van der Waals surface area (Å²) in [5.74, 6) is -0.840. The predicted octanol–water partition coefficient (Wildman–Crippen LogP) is 5.75. The molecule has 3 atom stereocenters. The molecule has 0 bridgehead atoms. The number of ether oxygens (including phenoxy) is 2. The van der Waals surface area contributed by atoms with Gasteiger partial charge in [0.2, 0.25) is 0 Å². The number of hydrogen-bond acceptors (Lipinski definition) is 7. The van der Waals surface area contributed by atoms with Crippen LogP contribution in [0.3, 0.4) is 0 Å². The van der Waals surface area contributed by atoms with Crippen molar-refractivity contribution < 1.29 is 18.7 Å². The minimum Gasteiger partial charge on any atom is -0.396 e. The van der Waals surface area contributed by atoms with Gasteiger partial charge < -0.3 is 25.1 Å². The van der Waals surface area contributed by atoms with Gasteiger partial charge in [0.05, 0.1) is 18.2 Å². The van der Waals surface area contributed by atoms with Crippen LogP contribution in [0.25, 0.3) is 11.1 Å². The molecule has 0 spiro atoms. The third kappa shape index (κ3) is 6.58. The first-order chi connectivity index (χ1) is 17.0. The molecule has 2 aliphatic rings. The highest BCUT2D eigenvalue weighted by Crippen LogP contribution is 2.38. The van der Waals surface area contributed by atoms with Gasteiger partial charge in [-0.3, -0.25) is 4.98 Å². The highest BCUT2D eigenvalue weighted by molar-refractivity contribution is 6.23. The number of pyridine rings is 1. The first kappa shape index (κ1) is 25.1. The van der Waals surface area contributed by atoms with Crippen molar-refractivity contribution in [3.63, 3.8) is 0 Å². The van der Waals surface area contributed by atoms with E-state index < -0.39 is 5.92 Å². The lowest BCUT2D eigenvalue weighted by molar-refractivity contribution is -0.164. The molecule has 3 unspecified atom stereocenters. The van der Waals surface area contributed by atoms with Gasteiger partial charge in [-0.15, -0.1) is 0 Å². The van der Waals surface area contributed by atoms with E-state index in [-0.39, 0.29) is 18.0 Å². The molecule has 1 saturated heterocycles. The molecule has 35 heavy (non-hydrogen) atoms. The zero-order chi connectivity index (χ0) is 24.6. The van der Waals surface area contributed by atoms with Gasteiger partial charge in [0.1, 0.15) is 12.4 Å². The summed E-state index contributed by atoms with van der Waals surface area (Å²) in [5.41, 5.74) is 4.00. The Morgan fingerprint density at radius 2 is 2.11 bits per heavy atom. The van der Waals surface area contributed by atoms with E-state index in [1.54, 1.807) is 25.4 Å². The van der Waals surface area contributed by atoms with E-state index in [0.717, 1.165) is 42.6 Å². The van der Waals surface area contributed by atoms with Crippen molar-refractivity contribution in [3.8, 4) is 11.1 Å². The summed E-state index contributed by atoms with van der Waals surface area (Å²) in [6.07, 6.45) is 8.12. The van der Waals surface area contributed by atoms with Crippen molar-refractivity contribution in [1.82, 2.24) is 4.98 Å². The number of benzene rings is 1. The summed E-state index contributed by atoms with van der Waals surface area (Å²) in [6, 6.07) is 8.49. The molecule has 8 heteroatoms. The fourth-order valence-corrected chi connectivity index (χ4v) is 4.81. The molecule has 2 heterocycles. The van der Waals surface area contributed by atoms with Crippen molar-refractivity contribution in [1.29, 1.82) is 10.8 Å². The number of nitrogens with zero attached hydrogens (tertiary/aromatic N) is 2. The standard InChI is InChI=1S/C27H33FN4O3/c1-18(29)27-24(30)14-20(22-9-8-21(28)16-23(22)19-6-4-10-31-17-19)15-25(27)32-35-13-5-12-34-26-7-2-3-11-33-26/h4,6,8-10,16-17,20,26-27,29-30H,2-3,5,7,11-15H2,1H3. The molecule has 7 nitrogen and oxygen atoms in total. The van der Waals surface area contributed by atoms with Crippen LogP contribution in [0.1, 0.15) is 56.9 Å². The average molecular weight is 481 g/mol. The number of rotatable bonds is 9. The predicted molar refractivity (Wildman–Crippen MR) is 134 cm³/mol. The third-order valence-corrected chi connectivity index (χ3v) is 6.47. The topological polar surface area (TPSA) is 101 Å². The summed E-state index contributed by atoms with van der Waals surface area (Å²) >= 11 is 0. The van der Waals surface area contributed by atoms with Gasteiger partial charge in [0.15, 0.2) is 6.29 Å². The summed E-state index contributed by atoms with van der Waals surface area (Å²) in [6.45, 7) is 3.37. The molecule has 2 aromatic rings. The second-order valence-electron chi connectivity index (χ2n) is 9.16. The summed E-state index contributed by atoms with van der Waals surface area (Å²) in [5, 5.41) is 21.3. The molecule has 2 fully saturated rings. The van der Waals surface area contributed by atoms with Crippen molar-refractivity contribution in [2.45, 2.75) is 57.7 Å². The van der Waals surface area contributed by atoms with Crippen LogP contribution >= 0.6 is 0 Å². The minimum absolute atomic E-state index is 0.0666. The third-order valence-electron chi connectivity index (χ3n) is 6.47. The van der Waals surface area contributed by atoms with E-state index in [1.807, 2.05) is 12.1 Å². The molecule has 1 aromatic heterocycles. The number of oxime groups is 1. The Kier molecular flexibility index (Phi) is 8.71. The van der Waals surface area contributed by atoms with E-state index in [1.165, 1.54) is 12.1 Å². The number of hydrogen-bond donors (Lipinski definition) is 2. The van der Waals surface area contributed by atoms with Crippen LogP contribution in [0.5, 0.6) is 0 Å². The van der Waals surface area contributed by atoms with Gasteiger partial charge in [-0.2, -0.15) is 0 Å². The average Bonchev–Trinajstić information content (AvgIpc) is 2.86. The monoisotopic (exact) mass is 480 g/mol. The van der Waals surface area contributed by atoms with Crippen LogP contribution in [0, 0.1) is 22.6 Å². The molecule has 1 aliphatic carbocycles. The van der Waals surface area contributed by atoms with E-state index >= 15 is 0 Å². The summed E-state index contributed by atoms with van der Waals surface area (Å²) in [4.78, 5) is 9.80. The largest absolute Gasteiger partial charge is 0.396 e. The van der Waals surface area contributed by atoms with E-state index in [2.05, 4.69) is 10.1 Å². The smallest absolute Gasteiger partial charge is 0.157 e. The number of halogens is 1. The number of nitrogens with one attached hydrogen (secondary N) is 2. The second kappa shape index (κ2) is 12.1. The second-order valence-corrected chi connectivity index (χ2v) is 9.16. The Morgan fingerprint density at radius 1 is 1.23 bits per heavy atom. The molecular weight excluding hydrogens is 447 g/mol. The van der Waals surface area contributed by atoms with Gasteiger partial charge in [-0.05, 0) is 74.3 Å². The van der Waals surface area contributed by atoms with Crippen molar-refractivity contribution in [3.05, 3.63) is 54.1 Å². The molecule has 4 rings (SSSR count). The van der Waals surface area contributed by atoms with Gasteiger partial charge >= 0.3 is 0 Å². The number of aromatic nitrogens is 1. The molecule has 2 N–H and O–H groups in total. The Balaban J connectivity index is 1.45. The lowest BCUT2D eigenvalue weighted by atomic mass is 9.73. The Bertz CT molecular complexity index is 1050. The fourth-order valence-electron chi connectivity index (χ4n) is 4.81. The summed E-state index contributed by atoms with van der Waals surface area (Å²) < 4.78 is 25.5. The zero-order valence-corrected chi connectivity index (χ0v) is 20.1. The van der Waals surface area contributed by atoms with Gasteiger partial charge in [0.25, 0.3) is 0 Å². The Labute approximate surface area is 205 Å². The quantitative estimate of drug-likeness (QED) is 0.271. The normalized spacial score (nSPS) is 23.9. The highest BCUT2D eigenvalue weighted by atomic mass is 19.1. The maximum absolute atomic E-state index is 14.2. The SMILES string of the molecule is CC(=N)C1C(=N)CC(c2ccc(F)cc2-c2cccnc2)CC1=NOCCCOC1CCCCO1. The van der Waals surface area contributed by atoms with E-state index in [4.69, 9.17) is 25.1 Å². The molecule has 0 radical (unpaired) electrons. The lowest BCUT2D eigenvalue weighted by Crippen LogP contribution is -2.37. The molecule has 1 aliphatic heterocycles. The molecule has 186 valence electrons. The van der Waals surface area contributed by atoms with Crippen molar-refractivity contribution in [2.75, 3.05) is 19.8 Å². The van der Waals surface area contributed by atoms with Crippen LogP contribution in [0.15, 0.2) is 47.9 Å².